The van der Waals surface area contributed by atoms with Gasteiger partial charge in [-0.25, -0.2) is 0 Å². The average molecular weight is 292 g/mol. The molecule has 1 aliphatic carbocycles. The van der Waals surface area contributed by atoms with Crippen molar-refractivity contribution >= 4 is 28.5 Å². The van der Waals surface area contributed by atoms with E-state index in [1.54, 1.807) is 22.7 Å². The molecule has 2 aromatic rings. The van der Waals surface area contributed by atoms with Crippen molar-refractivity contribution in [3.63, 3.8) is 0 Å². The van der Waals surface area contributed by atoms with Crippen LogP contribution in [0.15, 0.2) is 22.9 Å². The number of carbonyl (C=O) groups is 1. The molecule has 100 valence electrons. The molecule has 3 rings (SSSR count). The molecule has 2 unspecified atom stereocenters. The molecule has 0 amide bonds. The largest absolute Gasteiger partial charge is 0.326 e. The van der Waals surface area contributed by atoms with Crippen LogP contribution in [-0.2, 0) is 17.9 Å². The molecule has 0 radical (unpaired) electrons. The van der Waals surface area contributed by atoms with E-state index < -0.39 is 0 Å². The van der Waals surface area contributed by atoms with Crippen molar-refractivity contribution in [2.75, 3.05) is 0 Å². The zero-order valence-electron chi connectivity index (χ0n) is 10.5. The smallest absolute Gasteiger partial charge is 0.149 e. The number of ketones is 1. The molecule has 19 heavy (non-hydrogen) atoms. The fourth-order valence-electron chi connectivity index (χ4n) is 2.43. The molecule has 2 aromatic heterocycles. The Balaban J connectivity index is 1.72. The average Bonchev–Trinajstić information content (AvgIpc) is 3.06. The highest BCUT2D eigenvalue weighted by Crippen LogP contribution is 2.47. The second kappa shape index (κ2) is 5.17. The van der Waals surface area contributed by atoms with Crippen LogP contribution in [0.2, 0.25) is 0 Å². The lowest BCUT2D eigenvalue weighted by Crippen LogP contribution is -2.32. The molecule has 0 spiro atoms. The first-order valence-electron chi connectivity index (χ1n) is 6.31. The number of thiophene rings is 2. The Labute approximate surface area is 120 Å². The lowest BCUT2D eigenvalue weighted by atomic mass is 9.72. The first kappa shape index (κ1) is 13.0. The number of carbonyl (C=O) groups excluding carboxylic acids is 1. The first-order valence-corrected chi connectivity index (χ1v) is 8.07. The predicted octanol–water partition coefficient (Wildman–Crippen LogP) is 2.57. The van der Waals surface area contributed by atoms with E-state index >= 15 is 0 Å². The summed E-state index contributed by atoms with van der Waals surface area (Å²) in [4.78, 5) is 14.6. The van der Waals surface area contributed by atoms with Gasteiger partial charge in [-0.05, 0) is 40.4 Å². The van der Waals surface area contributed by atoms with Gasteiger partial charge in [-0.3, -0.25) is 4.79 Å². The van der Waals surface area contributed by atoms with E-state index in [0.29, 0.717) is 18.9 Å². The van der Waals surface area contributed by atoms with Crippen LogP contribution in [0.1, 0.15) is 39.1 Å². The Hall–Kier alpha value is -1.01. The fourth-order valence-corrected chi connectivity index (χ4v) is 4.53. The quantitative estimate of drug-likeness (QED) is 0.910. The van der Waals surface area contributed by atoms with Gasteiger partial charge in [0.2, 0.25) is 0 Å². The van der Waals surface area contributed by atoms with Crippen molar-refractivity contribution in [3.8, 4) is 0 Å². The van der Waals surface area contributed by atoms with Crippen molar-refractivity contribution in [2.45, 2.75) is 31.3 Å². The summed E-state index contributed by atoms with van der Waals surface area (Å²) in [7, 11) is 0. The molecule has 5 heteroatoms. The summed E-state index contributed by atoms with van der Waals surface area (Å²) in [6.45, 7) is 1.09. The van der Waals surface area contributed by atoms with Crippen LogP contribution in [0.3, 0.4) is 0 Å². The van der Waals surface area contributed by atoms with E-state index in [-0.39, 0.29) is 11.8 Å². The lowest BCUT2D eigenvalue weighted by molar-refractivity contribution is -0.127. The van der Waals surface area contributed by atoms with Crippen LogP contribution in [0.5, 0.6) is 0 Å². The van der Waals surface area contributed by atoms with Gasteiger partial charge in [0, 0.05) is 22.8 Å². The molecule has 1 fully saturated rings. The van der Waals surface area contributed by atoms with Crippen molar-refractivity contribution in [2.24, 2.45) is 11.5 Å². The van der Waals surface area contributed by atoms with Crippen LogP contribution >= 0.6 is 22.7 Å². The highest BCUT2D eigenvalue weighted by molar-refractivity contribution is 7.11. The lowest BCUT2D eigenvalue weighted by Gasteiger charge is -2.32. The summed E-state index contributed by atoms with van der Waals surface area (Å²) in [5.74, 6) is 0.508. The van der Waals surface area contributed by atoms with Gasteiger partial charge in [0.1, 0.15) is 5.78 Å². The number of hydrogen-bond acceptors (Lipinski definition) is 5. The van der Waals surface area contributed by atoms with Crippen molar-refractivity contribution in [3.05, 3.63) is 43.8 Å². The molecule has 0 saturated heterocycles. The third kappa shape index (κ3) is 2.27. The minimum atomic E-state index is 0.0822. The molecule has 0 aromatic carbocycles. The van der Waals surface area contributed by atoms with Crippen LogP contribution < -0.4 is 11.5 Å². The van der Waals surface area contributed by atoms with Gasteiger partial charge in [0.25, 0.3) is 0 Å². The van der Waals surface area contributed by atoms with Crippen molar-refractivity contribution < 1.29 is 4.79 Å². The Kier molecular flexibility index (Phi) is 3.54. The van der Waals surface area contributed by atoms with Gasteiger partial charge in [-0.1, -0.05) is 0 Å². The highest BCUT2D eigenvalue weighted by Gasteiger charge is 2.42. The van der Waals surface area contributed by atoms with Crippen LogP contribution in [0.4, 0.5) is 0 Å². The molecule has 0 bridgehead atoms. The Morgan fingerprint density at radius 1 is 1.00 bits per heavy atom. The monoisotopic (exact) mass is 292 g/mol. The van der Waals surface area contributed by atoms with Crippen molar-refractivity contribution in [1.29, 1.82) is 0 Å². The van der Waals surface area contributed by atoms with Gasteiger partial charge in [0.05, 0.1) is 11.8 Å². The van der Waals surface area contributed by atoms with E-state index in [2.05, 4.69) is 12.1 Å². The van der Waals surface area contributed by atoms with Gasteiger partial charge < -0.3 is 11.5 Å². The minimum Gasteiger partial charge on any atom is -0.326 e. The summed E-state index contributed by atoms with van der Waals surface area (Å²) in [5, 5.41) is 4.10. The summed E-state index contributed by atoms with van der Waals surface area (Å²) < 4.78 is 0. The molecule has 3 nitrogen and oxygen atoms in total. The van der Waals surface area contributed by atoms with Crippen LogP contribution in [0.25, 0.3) is 0 Å². The topological polar surface area (TPSA) is 69.1 Å². The Morgan fingerprint density at radius 2 is 1.47 bits per heavy atom. The molecule has 0 aliphatic heterocycles. The number of hydrogen-bond donors (Lipinski definition) is 2. The van der Waals surface area contributed by atoms with Gasteiger partial charge >= 0.3 is 0 Å². The van der Waals surface area contributed by atoms with E-state index in [1.807, 2.05) is 10.8 Å². The molecule has 1 saturated carbocycles. The standard InChI is InChI=1S/C14H16N2OS2/c15-4-8-1-12(18-6-8)10-3-11(14(10)17)13-2-9(5-16)7-19-13/h1-2,6-7,10-11H,3-5,15-16H2. The SMILES string of the molecule is NCc1csc(C2CC(c3cc(CN)cs3)C2=O)c1. The predicted molar refractivity (Wildman–Crippen MR) is 79.5 cm³/mol. The molecule has 2 atom stereocenters. The maximum Gasteiger partial charge on any atom is 0.149 e. The van der Waals surface area contributed by atoms with Crippen LogP contribution in [0, 0.1) is 0 Å². The summed E-state index contributed by atoms with van der Waals surface area (Å²) in [5.41, 5.74) is 13.5. The van der Waals surface area contributed by atoms with Crippen molar-refractivity contribution in [1.82, 2.24) is 0 Å². The third-order valence-corrected chi connectivity index (χ3v) is 5.85. The van der Waals surface area contributed by atoms with Crippen LogP contribution in [-0.4, -0.2) is 5.78 Å². The minimum absolute atomic E-state index is 0.0822. The molecule has 4 N–H and O–H groups in total. The van der Waals surface area contributed by atoms with Gasteiger partial charge in [0.15, 0.2) is 0 Å². The van der Waals surface area contributed by atoms with E-state index in [9.17, 15) is 4.79 Å². The summed E-state index contributed by atoms with van der Waals surface area (Å²) in [6, 6.07) is 4.15. The van der Waals surface area contributed by atoms with Gasteiger partial charge in [-0.2, -0.15) is 0 Å². The summed E-state index contributed by atoms with van der Waals surface area (Å²) >= 11 is 3.30. The zero-order valence-corrected chi connectivity index (χ0v) is 12.1. The number of nitrogens with two attached hydrogens (primary N) is 2. The maximum atomic E-state index is 12.3. The fraction of sp³-hybridized carbons (Fsp3) is 0.357. The Bertz CT molecular complexity index is 552. The number of rotatable bonds is 4. The van der Waals surface area contributed by atoms with E-state index in [1.165, 1.54) is 0 Å². The summed E-state index contributed by atoms with van der Waals surface area (Å²) in [6.07, 6.45) is 0.924. The Morgan fingerprint density at radius 3 is 1.79 bits per heavy atom. The van der Waals surface area contributed by atoms with Gasteiger partial charge in [-0.15, -0.1) is 22.7 Å². The maximum absolute atomic E-state index is 12.3. The number of Topliss-reactive ketones (excluding diaryl/α,β-unsaturated/α-hetero) is 1. The molecular weight excluding hydrogens is 276 g/mol. The first-order chi connectivity index (χ1) is 9.22. The second-order valence-electron chi connectivity index (χ2n) is 4.87. The molecule has 1 aliphatic rings. The molecule has 2 heterocycles. The molecular formula is C14H16N2OS2. The van der Waals surface area contributed by atoms with E-state index in [4.69, 9.17) is 11.5 Å². The second-order valence-corrected chi connectivity index (χ2v) is 6.75. The van der Waals surface area contributed by atoms with E-state index in [0.717, 1.165) is 27.3 Å². The highest BCUT2D eigenvalue weighted by atomic mass is 32.1. The zero-order chi connectivity index (χ0) is 13.4. The normalized spacial score (nSPS) is 22.5. The third-order valence-electron chi connectivity index (χ3n) is 3.66.